The van der Waals surface area contributed by atoms with E-state index in [2.05, 4.69) is 61.4 Å². The third-order valence-corrected chi connectivity index (χ3v) is 9.13. The summed E-state index contributed by atoms with van der Waals surface area (Å²) in [4.78, 5) is 14.1. The summed E-state index contributed by atoms with van der Waals surface area (Å²) in [6, 6.07) is 10.4. The van der Waals surface area contributed by atoms with Gasteiger partial charge in [-0.25, -0.2) is 0 Å². The number of hydrogen-bond acceptors (Lipinski definition) is 7. The van der Waals surface area contributed by atoms with E-state index in [9.17, 15) is 10.1 Å². The summed E-state index contributed by atoms with van der Waals surface area (Å²) in [5.74, 6) is 2.13. The van der Waals surface area contributed by atoms with Crippen molar-refractivity contribution < 1.29 is 9.53 Å². The summed E-state index contributed by atoms with van der Waals surface area (Å²) < 4.78 is 7.87. The summed E-state index contributed by atoms with van der Waals surface area (Å²) in [5, 5.41) is 22.7. The van der Waals surface area contributed by atoms with E-state index in [0.717, 1.165) is 42.8 Å². The third kappa shape index (κ3) is 6.36. The number of nitriles is 1. The quantitative estimate of drug-likeness (QED) is 0.324. The van der Waals surface area contributed by atoms with Crippen LogP contribution in [0.15, 0.2) is 29.4 Å². The van der Waals surface area contributed by atoms with Crippen LogP contribution in [0.1, 0.15) is 68.4 Å². The molecule has 4 rings (SSSR count). The molecule has 1 unspecified atom stereocenters. The lowest BCUT2D eigenvalue weighted by Crippen LogP contribution is -2.26. The molecule has 2 heterocycles. The summed E-state index contributed by atoms with van der Waals surface area (Å²) in [6.45, 7) is 12.0. The Kier molecular flexibility index (Phi) is 8.60. The molecule has 0 bridgehead atoms. The van der Waals surface area contributed by atoms with Crippen LogP contribution in [0.2, 0.25) is 0 Å². The number of thiophene rings is 1. The third-order valence-electron chi connectivity index (χ3n) is 7.00. The zero-order chi connectivity index (χ0) is 26.6. The molecule has 1 aromatic carbocycles. The molecule has 37 heavy (non-hydrogen) atoms. The predicted molar refractivity (Wildman–Crippen MR) is 149 cm³/mol. The van der Waals surface area contributed by atoms with Crippen molar-refractivity contribution in [3.8, 4) is 11.8 Å². The number of nitrogens with one attached hydrogen (secondary N) is 1. The Morgan fingerprint density at radius 2 is 2.03 bits per heavy atom. The average Bonchev–Trinajstić information content (AvgIpc) is 3.44. The van der Waals surface area contributed by atoms with Gasteiger partial charge in [-0.15, -0.1) is 21.5 Å². The van der Waals surface area contributed by atoms with Gasteiger partial charge in [0.15, 0.2) is 11.0 Å². The highest BCUT2D eigenvalue weighted by atomic mass is 32.2. The molecule has 0 spiro atoms. The number of aromatic nitrogens is 3. The minimum atomic E-state index is -0.146. The highest BCUT2D eigenvalue weighted by molar-refractivity contribution is 7.99. The van der Waals surface area contributed by atoms with Gasteiger partial charge in [0.1, 0.15) is 23.4 Å². The Morgan fingerprint density at radius 1 is 1.27 bits per heavy atom. The molecule has 1 aliphatic carbocycles. The second-order valence-corrected chi connectivity index (χ2v) is 12.4. The van der Waals surface area contributed by atoms with Gasteiger partial charge in [0.05, 0.1) is 11.3 Å². The average molecular weight is 538 g/mol. The first-order valence-electron chi connectivity index (χ1n) is 12.8. The smallest absolute Gasteiger partial charge is 0.235 e. The highest BCUT2D eigenvalue weighted by Crippen LogP contribution is 2.44. The first-order valence-corrected chi connectivity index (χ1v) is 14.6. The molecule has 0 aliphatic heterocycles. The van der Waals surface area contributed by atoms with E-state index >= 15 is 0 Å². The van der Waals surface area contributed by atoms with Crippen LogP contribution in [0.5, 0.6) is 5.75 Å². The number of rotatable bonds is 9. The van der Waals surface area contributed by atoms with Crippen LogP contribution in [-0.2, 0) is 37.2 Å². The van der Waals surface area contributed by atoms with Gasteiger partial charge in [0, 0.05) is 11.4 Å². The van der Waals surface area contributed by atoms with Gasteiger partial charge in [-0.2, -0.15) is 5.26 Å². The maximum absolute atomic E-state index is 12.8. The maximum atomic E-state index is 12.8. The van der Waals surface area contributed by atoms with Gasteiger partial charge < -0.3 is 14.6 Å². The molecular formula is C28H35N5O2S2. The Hall–Kier alpha value is -2.83. The van der Waals surface area contributed by atoms with Crippen LogP contribution in [0.3, 0.4) is 0 Å². The molecule has 2 aromatic heterocycles. The number of anilines is 1. The molecule has 196 valence electrons. The number of ether oxygens (including phenoxy) is 1. The van der Waals surface area contributed by atoms with E-state index in [4.69, 9.17) is 4.74 Å². The van der Waals surface area contributed by atoms with Crippen LogP contribution < -0.4 is 10.1 Å². The predicted octanol–water partition coefficient (Wildman–Crippen LogP) is 6.25. The number of fused-ring (bicyclic) bond motifs is 1. The minimum absolute atomic E-state index is 0.146. The standard InChI is InChI=1S/C28H35N5O2S2/c1-6-18-8-11-20(12-9-18)35-16-24-31-32-27(33(24)7-2)36-17-25(34)30-26-22(15-29)21-13-10-19(28(3,4)5)14-23(21)37-26/h8-9,11-12,19H,6-7,10,13-14,16-17H2,1-5H3,(H,30,34). The monoisotopic (exact) mass is 537 g/mol. The number of carbonyl (C=O) groups excluding carboxylic acids is 1. The molecule has 7 nitrogen and oxygen atoms in total. The molecular weight excluding hydrogens is 502 g/mol. The van der Waals surface area contributed by atoms with Crippen molar-refractivity contribution in [2.75, 3.05) is 11.1 Å². The van der Waals surface area contributed by atoms with Crippen molar-refractivity contribution in [2.24, 2.45) is 11.3 Å². The highest BCUT2D eigenvalue weighted by Gasteiger charge is 2.32. The minimum Gasteiger partial charge on any atom is -0.486 e. The van der Waals surface area contributed by atoms with Crippen LogP contribution in [0.4, 0.5) is 5.00 Å². The Morgan fingerprint density at radius 3 is 2.68 bits per heavy atom. The molecule has 1 N–H and O–H groups in total. The molecule has 0 fully saturated rings. The summed E-state index contributed by atoms with van der Waals surface area (Å²) in [5.41, 5.74) is 3.25. The molecule has 0 saturated carbocycles. The van der Waals surface area contributed by atoms with E-state index in [1.165, 1.54) is 22.2 Å². The molecule has 3 aromatic rings. The Balaban J connectivity index is 1.37. The van der Waals surface area contributed by atoms with Gasteiger partial charge >= 0.3 is 0 Å². The van der Waals surface area contributed by atoms with Gasteiger partial charge in [-0.1, -0.05) is 51.6 Å². The zero-order valence-electron chi connectivity index (χ0n) is 22.3. The first-order chi connectivity index (χ1) is 17.7. The van der Waals surface area contributed by atoms with Crippen molar-refractivity contribution in [1.29, 1.82) is 5.26 Å². The molecule has 0 saturated heterocycles. The first kappa shape index (κ1) is 27.2. The molecule has 9 heteroatoms. The fourth-order valence-electron chi connectivity index (χ4n) is 4.64. The van der Waals surface area contributed by atoms with Gasteiger partial charge in [0.2, 0.25) is 5.91 Å². The van der Waals surface area contributed by atoms with Crippen LogP contribution in [0, 0.1) is 22.7 Å². The lowest BCUT2D eigenvalue weighted by Gasteiger charge is -2.33. The fraction of sp³-hybridized carbons (Fsp3) is 0.500. The van der Waals surface area contributed by atoms with Crippen molar-refractivity contribution >= 4 is 34.0 Å². The van der Waals surface area contributed by atoms with E-state index in [-0.39, 0.29) is 17.1 Å². The number of carbonyl (C=O) groups is 1. The van der Waals surface area contributed by atoms with Crippen molar-refractivity contribution in [3.05, 3.63) is 51.7 Å². The lowest BCUT2D eigenvalue weighted by atomic mass is 9.72. The van der Waals surface area contributed by atoms with Crippen LogP contribution >= 0.6 is 23.1 Å². The van der Waals surface area contributed by atoms with E-state index < -0.39 is 0 Å². The van der Waals surface area contributed by atoms with Gasteiger partial charge in [-0.05, 0) is 67.2 Å². The van der Waals surface area contributed by atoms with E-state index in [0.29, 0.717) is 34.8 Å². The maximum Gasteiger partial charge on any atom is 0.235 e. The normalized spacial score (nSPS) is 15.2. The summed E-state index contributed by atoms with van der Waals surface area (Å²) in [7, 11) is 0. The van der Waals surface area contributed by atoms with Crippen LogP contribution in [-0.4, -0.2) is 26.4 Å². The lowest BCUT2D eigenvalue weighted by molar-refractivity contribution is -0.113. The van der Waals surface area contributed by atoms with Crippen molar-refractivity contribution in [1.82, 2.24) is 14.8 Å². The molecule has 1 atom stereocenters. The second-order valence-electron chi connectivity index (χ2n) is 10.4. The Bertz CT molecular complexity index is 1280. The topological polar surface area (TPSA) is 92.8 Å². The number of thioether (sulfide) groups is 1. The number of benzene rings is 1. The molecule has 1 aliphatic rings. The van der Waals surface area contributed by atoms with Gasteiger partial charge in [-0.3, -0.25) is 4.79 Å². The largest absolute Gasteiger partial charge is 0.486 e. The van der Waals surface area contributed by atoms with E-state index in [1.54, 1.807) is 11.3 Å². The number of nitrogens with zero attached hydrogens (tertiary/aromatic N) is 4. The number of aryl methyl sites for hydroxylation is 1. The summed E-state index contributed by atoms with van der Waals surface area (Å²) >= 11 is 2.90. The van der Waals surface area contributed by atoms with E-state index in [1.807, 2.05) is 23.6 Å². The Labute approximate surface area is 227 Å². The number of hydrogen-bond donors (Lipinski definition) is 1. The van der Waals surface area contributed by atoms with Crippen LogP contribution in [0.25, 0.3) is 0 Å². The second kappa shape index (κ2) is 11.7. The SMILES string of the molecule is CCc1ccc(OCc2nnc(SCC(=O)Nc3sc4c(c3C#N)CCC(C(C)(C)C)C4)n2CC)cc1. The summed E-state index contributed by atoms with van der Waals surface area (Å²) in [6.07, 6.45) is 3.93. The fourth-order valence-corrected chi connectivity index (χ4v) is 6.76. The molecule has 0 radical (unpaired) electrons. The van der Waals surface area contributed by atoms with Gasteiger partial charge in [0.25, 0.3) is 0 Å². The molecule has 1 amide bonds. The zero-order valence-corrected chi connectivity index (χ0v) is 23.9. The van der Waals surface area contributed by atoms with Crippen molar-refractivity contribution in [2.45, 2.75) is 78.6 Å². The van der Waals surface area contributed by atoms with Crippen molar-refractivity contribution in [3.63, 3.8) is 0 Å². The number of amides is 1.